The molecule has 284 valence electrons. The molecule has 1 saturated heterocycles. The molecule has 0 radical (unpaired) electrons. The molecule has 2 aromatic carbocycles. The lowest BCUT2D eigenvalue weighted by molar-refractivity contribution is -0.114. The van der Waals surface area contributed by atoms with Crippen molar-refractivity contribution in [3.63, 3.8) is 0 Å². The van der Waals surface area contributed by atoms with E-state index in [1.165, 1.54) is 20.3 Å². The minimum atomic E-state index is -2.96. The zero-order chi connectivity index (χ0) is 37.8. The Balaban J connectivity index is 0.790. The molecule has 4 heterocycles. The molecular weight excluding hydrogens is 698 g/mol. The van der Waals surface area contributed by atoms with Crippen LogP contribution in [0.2, 0.25) is 0 Å². The summed E-state index contributed by atoms with van der Waals surface area (Å²) in [4.78, 5) is 35.2. The number of alkyl halides is 2. The number of piperidine rings is 1. The van der Waals surface area contributed by atoms with E-state index in [-0.39, 0.29) is 48.9 Å². The van der Waals surface area contributed by atoms with Gasteiger partial charge in [-0.1, -0.05) is 12.1 Å². The number of rotatable bonds is 14. The maximum absolute atomic E-state index is 14.7. The summed E-state index contributed by atoms with van der Waals surface area (Å²) in [6.07, 6.45) is 7.57. The third-order valence-corrected chi connectivity index (χ3v) is 10.4. The van der Waals surface area contributed by atoms with E-state index in [1.807, 2.05) is 35.5 Å². The number of carbonyl (C=O) groups excluding carboxylic acids is 2. The van der Waals surface area contributed by atoms with Crippen LogP contribution in [-0.2, 0) is 26.0 Å². The third-order valence-electron chi connectivity index (χ3n) is 10.4. The van der Waals surface area contributed by atoms with E-state index >= 15 is 0 Å². The predicted octanol–water partition coefficient (Wildman–Crippen LogP) is 7.39. The van der Waals surface area contributed by atoms with Crippen LogP contribution in [0, 0.1) is 0 Å². The summed E-state index contributed by atoms with van der Waals surface area (Å²) in [7, 11) is 4.54. The van der Waals surface area contributed by atoms with E-state index in [0.717, 1.165) is 38.6 Å². The number of anilines is 1. The van der Waals surface area contributed by atoms with Crippen LogP contribution < -0.4 is 9.64 Å². The first-order valence-corrected chi connectivity index (χ1v) is 18.2. The Labute approximate surface area is 312 Å². The number of carbonyl (C=O) groups is 2. The van der Waals surface area contributed by atoms with Crippen LogP contribution in [0.15, 0.2) is 73.2 Å². The average molecular weight is 743 g/mol. The Morgan fingerprint density at radius 3 is 2.31 bits per heavy atom. The second-order valence-corrected chi connectivity index (χ2v) is 13.9. The summed E-state index contributed by atoms with van der Waals surface area (Å²) >= 11 is 0. The minimum absolute atomic E-state index is 0.0209. The van der Waals surface area contributed by atoms with Crippen molar-refractivity contribution in [3.05, 3.63) is 84.3 Å². The quantitative estimate of drug-likeness (QED) is 0.0843. The first kappa shape index (κ1) is 37.2. The zero-order valence-corrected chi connectivity index (χ0v) is 30.6. The Hall–Kier alpha value is -5.14. The molecule has 0 amide bonds. The van der Waals surface area contributed by atoms with E-state index in [0.29, 0.717) is 44.7 Å². The van der Waals surface area contributed by atoms with Crippen molar-refractivity contribution in [2.45, 2.75) is 62.8 Å². The van der Waals surface area contributed by atoms with Gasteiger partial charge < -0.3 is 33.2 Å². The molecule has 1 aliphatic carbocycles. The fraction of sp³-hybridized carbons (Fsp3) is 0.415. The number of fused-ring (bicyclic) bond motifs is 3. The number of pyridine rings is 2. The number of nitrogens with zero attached hydrogens (tertiary/aromatic N) is 4. The van der Waals surface area contributed by atoms with Crippen LogP contribution in [0.1, 0.15) is 59.2 Å². The molecule has 54 heavy (non-hydrogen) atoms. The first-order valence-electron chi connectivity index (χ1n) is 18.2. The van der Waals surface area contributed by atoms with Gasteiger partial charge in [0.05, 0.1) is 43.1 Å². The van der Waals surface area contributed by atoms with Gasteiger partial charge in [-0.2, -0.15) is 0 Å². The van der Waals surface area contributed by atoms with Crippen molar-refractivity contribution in [2.75, 3.05) is 45.4 Å². The lowest BCUT2D eigenvalue weighted by Gasteiger charge is -2.35. The van der Waals surface area contributed by atoms with E-state index in [2.05, 4.69) is 39.8 Å². The standard InChI is InChI=1S/C41H44F2N4O7/c1-46-36-11-15-44-24-35(36)32-8-5-26(19-37(32)46)27-6-10-38(45-23-27)54-31-21-30(22-31)52-18-4-14-41(42,43)25-53-29-12-16-47(17-13-29)28-7-9-33(39(48)50-2)34(20-28)40(49)51-3/h5-11,15,19-20,23-24,29-31H,4,12-14,16-18,21-22,25H2,1-3H3. The second-order valence-electron chi connectivity index (χ2n) is 13.9. The van der Waals surface area contributed by atoms with Crippen molar-refractivity contribution in [1.82, 2.24) is 14.5 Å². The fourth-order valence-corrected chi connectivity index (χ4v) is 7.24. The maximum atomic E-state index is 14.7. The summed E-state index contributed by atoms with van der Waals surface area (Å²) in [5, 5.41) is 2.29. The lowest BCUT2D eigenvalue weighted by atomic mass is 9.92. The van der Waals surface area contributed by atoms with Crippen LogP contribution in [0.3, 0.4) is 0 Å². The molecule has 0 N–H and O–H groups in total. The molecule has 5 aromatic rings. The van der Waals surface area contributed by atoms with Crippen LogP contribution in [-0.4, -0.2) is 91.2 Å². The molecule has 1 saturated carbocycles. The van der Waals surface area contributed by atoms with Gasteiger partial charge in [0.25, 0.3) is 5.92 Å². The minimum Gasteiger partial charge on any atom is -0.474 e. The number of ether oxygens (including phenoxy) is 5. The highest BCUT2D eigenvalue weighted by Crippen LogP contribution is 2.33. The van der Waals surface area contributed by atoms with Gasteiger partial charge in [0.2, 0.25) is 5.88 Å². The summed E-state index contributed by atoms with van der Waals surface area (Å²) in [5.41, 5.74) is 5.28. The summed E-state index contributed by atoms with van der Waals surface area (Å²) in [5.74, 6) is -3.69. The van der Waals surface area contributed by atoms with Gasteiger partial charge in [-0.05, 0) is 61.2 Å². The largest absolute Gasteiger partial charge is 0.474 e. The number of hydrogen-bond donors (Lipinski definition) is 0. The summed E-state index contributed by atoms with van der Waals surface area (Å²) < 4.78 is 58.7. The molecule has 2 fully saturated rings. The predicted molar refractivity (Wildman–Crippen MR) is 199 cm³/mol. The van der Waals surface area contributed by atoms with E-state index in [9.17, 15) is 18.4 Å². The Bertz CT molecular complexity index is 2110. The topological polar surface area (TPSA) is 114 Å². The number of halogens is 2. The van der Waals surface area contributed by atoms with Crippen molar-refractivity contribution >= 4 is 39.4 Å². The molecule has 7 rings (SSSR count). The van der Waals surface area contributed by atoms with E-state index in [4.69, 9.17) is 23.7 Å². The Kier molecular flexibility index (Phi) is 11.1. The van der Waals surface area contributed by atoms with Gasteiger partial charge in [-0.15, -0.1) is 0 Å². The summed E-state index contributed by atoms with van der Waals surface area (Å²) in [6.45, 7) is 0.714. The van der Waals surface area contributed by atoms with Crippen molar-refractivity contribution < 1.29 is 42.1 Å². The van der Waals surface area contributed by atoms with Gasteiger partial charge in [-0.3, -0.25) is 4.98 Å². The van der Waals surface area contributed by atoms with Gasteiger partial charge in [0.1, 0.15) is 12.7 Å². The molecule has 0 bridgehead atoms. The monoisotopic (exact) mass is 742 g/mol. The number of esters is 2. The van der Waals surface area contributed by atoms with Crippen LogP contribution in [0.25, 0.3) is 32.9 Å². The second kappa shape index (κ2) is 16.1. The van der Waals surface area contributed by atoms with Crippen molar-refractivity contribution in [1.29, 1.82) is 0 Å². The number of aryl methyl sites for hydroxylation is 1. The molecular formula is C41H44F2N4O7. The number of aromatic nitrogens is 3. The smallest absolute Gasteiger partial charge is 0.338 e. The van der Waals surface area contributed by atoms with Crippen molar-refractivity contribution in [3.8, 4) is 17.0 Å². The van der Waals surface area contributed by atoms with Crippen LogP contribution >= 0.6 is 0 Å². The summed E-state index contributed by atoms with van der Waals surface area (Å²) in [6, 6.07) is 17.1. The van der Waals surface area contributed by atoms with Gasteiger partial charge in [0.15, 0.2) is 0 Å². The highest BCUT2D eigenvalue weighted by atomic mass is 19.3. The number of benzene rings is 2. The van der Waals surface area contributed by atoms with Crippen LogP contribution in [0.4, 0.5) is 14.5 Å². The van der Waals surface area contributed by atoms with Gasteiger partial charge >= 0.3 is 11.9 Å². The maximum Gasteiger partial charge on any atom is 0.338 e. The van der Waals surface area contributed by atoms with E-state index < -0.39 is 24.5 Å². The SMILES string of the molecule is COC(=O)c1ccc(N2CCC(OCC(F)(F)CCCOC3CC(Oc4ccc(-c5ccc6c7cnccc7n(C)c6c5)cn4)C3)CC2)cc1C(=O)OC. The van der Waals surface area contributed by atoms with Crippen molar-refractivity contribution in [2.24, 2.45) is 7.05 Å². The Morgan fingerprint density at radius 2 is 1.57 bits per heavy atom. The molecule has 0 atom stereocenters. The molecule has 3 aromatic heterocycles. The molecule has 0 spiro atoms. The molecule has 1 aliphatic heterocycles. The highest BCUT2D eigenvalue weighted by molar-refractivity contribution is 6.08. The molecule has 2 aliphatic rings. The molecule has 13 heteroatoms. The van der Waals surface area contributed by atoms with E-state index in [1.54, 1.807) is 18.3 Å². The average Bonchev–Trinajstić information content (AvgIpc) is 3.47. The normalized spacial score (nSPS) is 17.8. The molecule has 0 unspecified atom stereocenters. The Morgan fingerprint density at radius 1 is 0.815 bits per heavy atom. The first-order chi connectivity index (χ1) is 26.1. The fourth-order valence-electron chi connectivity index (χ4n) is 7.24. The molecule has 11 nitrogen and oxygen atoms in total. The van der Waals surface area contributed by atoms with Gasteiger partial charge in [0, 0.05) is 98.2 Å². The van der Waals surface area contributed by atoms with Crippen LogP contribution in [0.5, 0.6) is 5.88 Å². The third kappa shape index (κ3) is 8.17. The lowest BCUT2D eigenvalue weighted by Crippen LogP contribution is -2.40. The zero-order valence-electron chi connectivity index (χ0n) is 30.6. The number of hydrogen-bond acceptors (Lipinski definition) is 10. The number of methoxy groups -OCH3 is 2. The van der Waals surface area contributed by atoms with Gasteiger partial charge in [-0.25, -0.2) is 23.4 Å². The highest BCUT2D eigenvalue weighted by Gasteiger charge is 2.34.